The van der Waals surface area contributed by atoms with E-state index in [1.807, 2.05) is 30.5 Å². The quantitative estimate of drug-likeness (QED) is 0.681. The smallest absolute Gasteiger partial charge is 0.172 e. The highest BCUT2D eigenvalue weighted by Crippen LogP contribution is 2.30. The number of carbonyl (C=O) groups excluding carboxylic acids is 1. The molecule has 2 atom stereocenters. The molecule has 3 nitrogen and oxygen atoms in total. The molecule has 0 radical (unpaired) electrons. The Morgan fingerprint density at radius 2 is 1.91 bits per heavy atom. The number of hydrogen-bond donors (Lipinski definition) is 0. The van der Waals surface area contributed by atoms with Crippen LogP contribution in [0, 0.1) is 0 Å². The zero-order chi connectivity index (χ0) is 15.9. The van der Waals surface area contributed by atoms with Gasteiger partial charge in [-0.1, -0.05) is 44.2 Å². The normalized spacial score (nSPS) is 19.5. The average Bonchev–Trinajstić information content (AvgIpc) is 2.86. The van der Waals surface area contributed by atoms with Crippen molar-refractivity contribution in [2.45, 2.75) is 45.3 Å². The van der Waals surface area contributed by atoms with Crippen molar-refractivity contribution in [2.24, 2.45) is 0 Å². The minimum atomic E-state index is -0.0451. The van der Waals surface area contributed by atoms with Gasteiger partial charge in [0.15, 0.2) is 5.78 Å². The molecule has 120 valence electrons. The molecular weight excluding hydrogens is 294 g/mol. The molecule has 0 bridgehead atoms. The van der Waals surface area contributed by atoms with E-state index >= 15 is 0 Å². The number of carbonyl (C=O) groups is 1. The molecule has 0 saturated carbocycles. The molecule has 0 fully saturated rings. The third-order valence-corrected chi connectivity index (χ3v) is 5.04. The molecule has 0 amide bonds. The summed E-state index contributed by atoms with van der Waals surface area (Å²) in [6.07, 6.45) is 0.626. The van der Waals surface area contributed by atoms with Crippen LogP contribution in [0.15, 0.2) is 41.3 Å². The maximum absolute atomic E-state index is 12.2. The van der Waals surface area contributed by atoms with Gasteiger partial charge in [-0.05, 0) is 31.0 Å². The highest BCUT2D eigenvalue weighted by atomic mass is 32.2. The summed E-state index contributed by atoms with van der Waals surface area (Å²) < 4.78 is 6.14. The molecule has 0 spiro atoms. The molecule has 1 aromatic carbocycles. The maximum atomic E-state index is 12.2. The van der Waals surface area contributed by atoms with Crippen molar-refractivity contribution in [1.29, 1.82) is 0 Å². The Morgan fingerprint density at radius 1 is 1.23 bits per heavy atom. The fraction of sp³-hybridized carbons (Fsp3) is 0.500. The Balaban J connectivity index is 2.01. The Hall–Kier alpha value is -1.10. The summed E-state index contributed by atoms with van der Waals surface area (Å²) >= 11 is 1.61. The first kappa shape index (κ1) is 17.3. The monoisotopic (exact) mass is 319 g/mol. The largest absolute Gasteiger partial charge is 0.358 e. The first-order chi connectivity index (χ1) is 10.7. The van der Waals surface area contributed by atoms with Gasteiger partial charge in [0.05, 0.1) is 11.9 Å². The van der Waals surface area contributed by atoms with Gasteiger partial charge < -0.3 is 4.74 Å². The van der Waals surface area contributed by atoms with Crippen LogP contribution in [0.25, 0.3) is 0 Å². The third-order valence-electron chi connectivity index (χ3n) is 4.00. The summed E-state index contributed by atoms with van der Waals surface area (Å²) in [4.78, 5) is 14.4. The van der Waals surface area contributed by atoms with Gasteiger partial charge in [-0.3, -0.25) is 9.69 Å². The number of Topliss-reactive ketones (excluding diaryl/α,β-unsaturated/α-hetero) is 1. The van der Waals surface area contributed by atoms with Gasteiger partial charge in [0.25, 0.3) is 0 Å². The van der Waals surface area contributed by atoms with Crippen LogP contribution in [0.1, 0.15) is 32.8 Å². The second-order valence-electron chi connectivity index (χ2n) is 5.46. The molecule has 22 heavy (non-hydrogen) atoms. The number of nitrogens with zero attached hydrogens (tertiary/aromatic N) is 1. The Bertz CT molecular complexity index is 511. The molecule has 0 saturated heterocycles. The van der Waals surface area contributed by atoms with Gasteiger partial charge >= 0.3 is 0 Å². The van der Waals surface area contributed by atoms with Gasteiger partial charge in [-0.15, -0.1) is 11.8 Å². The number of ketones is 1. The fourth-order valence-corrected chi connectivity index (χ4v) is 3.45. The highest BCUT2D eigenvalue weighted by molar-refractivity contribution is 8.04. The fourth-order valence-electron chi connectivity index (χ4n) is 2.59. The number of thioether (sulfide) groups is 1. The van der Waals surface area contributed by atoms with E-state index in [1.54, 1.807) is 11.8 Å². The van der Waals surface area contributed by atoms with Crippen LogP contribution >= 0.6 is 11.8 Å². The van der Waals surface area contributed by atoms with E-state index in [0.29, 0.717) is 13.0 Å². The molecule has 1 aliphatic rings. The third kappa shape index (κ3) is 4.45. The van der Waals surface area contributed by atoms with E-state index in [4.69, 9.17) is 4.74 Å². The molecule has 0 N–H and O–H groups in total. The highest BCUT2D eigenvalue weighted by Gasteiger charge is 2.28. The van der Waals surface area contributed by atoms with Crippen molar-refractivity contribution in [2.75, 3.05) is 13.1 Å². The maximum Gasteiger partial charge on any atom is 0.172 e. The Morgan fingerprint density at radius 3 is 2.45 bits per heavy atom. The minimum Gasteiger partial charge on any atom is -0.358 e. The lowest BCUT2D eigenvalue weighted by Crippen LogP contribution is -2.38. The van der Waals surface area contributed by atoms with Crippen molar-refractivity contribution < 1.29 is 9.53 Å². The van der Waals surface area contributed by atoms with Crippen LogP contribution in [0.3, 0.4) is 0 Å². The van der Waals surface area contributed by atoms with Gasteiger partial charge in [0, 0.05) is 12.0 Å². The van der Waals surface area contributed by atoms with Crippen LogP contribution in [-0.2, 0) is 16.1 Å². The van der Waals surface area contributed by atoms with E-state index in [2.05, 4.69) is 30.9 Å². The molecular formula is C18H25NO2S. The van der Waals surface area contributed by atoms with E-state index in [1.165, 1.54) is 0 Å². The predicted octanol–water partition coefficient (Wildman–Crippen LogP) is 3.85. The summed E-state index contributed by atoms with van der Waals surface area (Å²) in [5.74, 6) is 0.255. The molecule has 2 rings (SSSR count). The summed E-state index contributed by atoms with van der Waals surface area (Å²) in [7, 11) is 0. The second kappa shape index (κ2) is 8.51. The summed E-state index contributed by atoms with van der Waals surface area (Å²) in [6, 6.07) is 10.2. The SMILES string of the molecule is CCN(CC)C(CC1=CSC(C)C1=O)OCc1ccccc1. The van der Waals surface area contributed by atoms with Gasteiger partial charge in [0.1, 0.15) is 6.23 Å². The minimum absolute atomic E-state index is 0.0451. The molecule has 2 unspecified atom stereocenters. The molecule has 0 aliphatic carbocycles. The lowest BCUT2D eigenvalue weighted by molar-refractivity contribution is -0.116. The van der Waals surface area contributed by atoms with Crippen LogP contribution in [-0.4, -0.2) is 35.3 Å². The van der Waals surface area contributed by atoms with Crippen molar-refractivity contribution in [1.82, 2.24) is 4.90 Å². The van der Waals surface area contributed by atoms with Crippen molar-refractivity contribution >= 4 is 17.5 Å². The number of rotatable bonds is 8. The summed E-state index contributed by atoms with van der Waals surface area (Å²) in [6.45, 7) is 8.63. The van der Waals surface area contributed by atoms with E-state index < -0.39 is 0 Å². The zero-order valence-corrected chi connectivity index (χ0v) is 14.4. The number of benzene rings is 1. The summed E-state index contributed by atoms with van der Waals surface area (Å²) in [5.41, 5.74) is 2.07. The first-order valence-electron chi connectivity index (χ1n) is 7.94. The number of hydrogen-bond acceptors (Lipinski definition) is 4. The van der Waals surface area contributed by atoms with E-state index in [0.717, 1.165) is 24.2 Å². The van der Waals surface area contributed by atoms with E-state index in [9.17, 15) is 4.79 Å². The lowest BCUT2D eigenvalue weighted by atomic mass is 10.1. The van der Waals surface area contributed by atoms with E-state index in [-0.39, 0.29) is 17.3 Å². The summed E-state index contributed by atoms with van der Waals surface area (Å²) in [5, 5.41) is 2.07. The van der Waals surface area contributed by atoms with Gasteiger partial charge in [0.2, 0.25) is 0 Å². The average molecular weight is 319 g/mol. The molecule has 1 heterocycles. The first-order valence-corrected chi connectivity index (χ1v) is 8.88. The Labute approximate surface area is 137 Å². The van der Waals surface area contributed by atoms with Crippen LogP contribution < -0.4 is 0 Å². The van der Waals surface area contributed by atoms with Crippen molar-refractivity contribution in [3.63, 3.8) is 0 Å². The van der Waals surface area contributed by atoms with Crippen molar-refractivity contribution in [3.05, 3.63) is 46.9 Å². The molecule has 1 aromatic rings. The zero-order valence-electron chi connectivity index (χ0n) is 13.6. The lowest BCUT2D eigenvalue weighted by Gasteiger charge is -2.30. The molecule has 0 aromatic heterocycles. The van der Waals surface area contributed by atoms with Crippen LogP contribution in [0.2, 0.25) is 0 Å². The molecule has 4 heteroatoms. The topological polar surface area (TPSA) is 29.5 Å². The van der Waals surface area contributed by atoms with Gasteiger partial charge in [-0.25, -0.2) is 0 Å². The molecule has 1 aliphatic heterocycles. The van der Waals surface area contributed by atoms with Crippen LogP contribution in [0.5, 0.6) is 0 Å². The number of ether oxygens (including phenoxy) is 1. The standard InChI is InChI=1S/C18H25NO2S/c1-4-19(5-2)17(11-16-13-22-14(3)18(16)20)21-12-15-9-7-6-8-10-15/h6-10,13-14,17H,4-5,11-12H2,1-3H3. The second-order valence-corrected chi connectivity index (χ2v) is 6.68. The van der Waals surface area contributed by atoms with Crippen molar-refractivity contribution in [3.8, 4) is 0 Å². The van der Waals surface area contributed by atoms with Crippen LogP contribution in [0.4, 0.5) is 0 Å². The Kier molecular flexibility index (Phi) is 6.68. The van der Waals surface area contributed by atoms with Gasteiger partial charge in [-0.2, -0.15) is 0 Å². The predicted molar refractivity (Wildman–Crippen MR) is 92.7 cm³/mol.